The lowest BCUT2D eigenvalue weighted by atomic mass is 9.98. The van der Waals surface area contributed by atoms with Crippen LogP contribution in [-0.4, -0.2) is 26.1 Å². The van der Waals surface area contributed by atoms with Crippen molar-refractivity contribution < 1.29 is 9.53 Å². The van der Waals surface area contributed by atoms with E-state index in [2.05, 4.69) is 11.8 Å². The Balaban J connectivity index is 2.36. The number of nitrogens with zero attached hydrogens (tertiary/aromatic N) is 1. The number of benzene rings is 1. The third kappa shape index (κ3) is 2.75. The lowest BCUT2D eigenvalue weighted by Crippen LogP contribution is -2.33. The fourth-order valence-corrected chi connectivity index (χ4v) is 2.50. The number of primary amides is 1. The molecule has 0 atom stereocenters. The number of ether oxygens (including phenoxy) is 1. The zero-order valence-corrected chi connectivity index (χ0v) is 11.5. The minimum absolute atomic E-state index is 0.378. The van der Waals surface area contributed by atoms with Crippen molar-refractivity contribution in [3.63, 3.8) is 0 Å². The third-order valence-electron chi connectivity index (χ3n) is 3.71. The van der Waals surface area contributed by atoms with Crippen molar-refractivity contribution in [1.29, 1.82) is 0 Å². The Kier molecular flexibility index (Phi) is 3.83. The van der Waals surface area contributed by atoms with Crippen LogP contribution in [0.3, 0.4) is 0 Å². The van der Waals surface area contributed by atoms with Crippen LogP contribution in [0.2, 0.25) is 0 Å². The number of piperidine rings is 1. The highest BCUT2D eigenvalue weighted by Crippen LogP contribution is 2.37. The average molecular weight is 263 g/mol. The third-order valence-corrected chi connectivity index (χ3v) is 3.71. The van der Waals surface area contributed by atoms with Gasteiger partial charge in [0, 0.05) is 18.7 Å². The second-order valence-electron chi connectivity index (χ2n) is 5.15. The number of hydrogen-bond donors (Lipinski definition) is 2. The van der Waals surface area contributed by atoms with Crippen molar-refractivity contribution >= 4 is 17.3 Å². The van der Waals surface area contributed by atoms with Gasteiger partial charge in [-0.15, -0.1) is 0 Å². The number of anilines is 2. The summed E-state index contributed by atoms with van der Waals surface area (Å²) >= 11 is 0. The van der Waals surface area contributed by atoms with E-state index in [4.69, 9.17) is 16.2 Å². The summed E-state index contributed by atoms with van der Waals surface area (Å²) in [4.78, 5) is 13.5. The number of nitrogens with two attached hydrogens (primary N) is 2. The molecule has 0 aliphatic carbocycles. The molecular formula is C14H21N3O2. The zero-order chi connectivity index (χ0) is 14.0. The van der Waals surface area contributed by atoms with Gasteiger partial charge in [-0.05, 0) is 30.9 Å². The number of carbonyl (C=O) groups excluding carboxylic acids is 1. The molecule has 5 heteroatoms. The molecule has 1 aromatic carbocycles. The fraction of sp³-hybridized carbons (Fsp3) is 0.500. The van der Waals surface area contributed by atoms with Crippen molar-refractivity contribution in [1.82, 2.24) is 0 Å². The molecule has 4 N–H and O–H groups in total. The molecule has 5 nitrogen and oxygen atoms in total. The first kappa shape index (κ1) is 13.5. The molecule has 0 saturated carbocycles. The Morgan fingerprint density at radius 2 is 2.00 bits per heavy atom. The summed E-state index contributed by atoms with van der Waals surface area (Å²) < 4.78 is 5.37. The molecule has 1 aliphatic rings. The van der Waals surface area contributed by atoms with Gasteiger partial charge in [-0.3, -0.25) is 4.79 Å². The number of hydrogen-bond acceptors (Lipinski definition) is 4. The van der Waals surface area contributed by atoms with E-state index >= 15 is 0 Å². The van der Waals surface area contributed by atoms with E-state index in [-0.39, 0.29) is 0 Å². The highest BCUT2D eigenvalue weighted by Gasteiger charge is 2.22. The van der Waals surface area contributed by atoms with Crippen molar-refractivity contribution in [2.45, 2.75) is 19.8 Å². The summed E-state index contributed by atoms with van der Waals surface area (Å²) in [6, 6.07) is 3.28. The van der Waals surface area contributed by atoms with E-state index in [0.717, 1.165) is 37.5 Å². The molecule has 1 fully saturated rings. The summed E-state index contributed by atoms with van der Waals surface area (Å²) in [5.41, 5.74) is 13.2. The van der Waals surface area contributed by atoms with E-state index in [0.29, 0.717) is 17.0 Å². The lowest BCUT2D eigenvalue weighted by molar-refractivity contribution is 0.1000. The second-order valence-corrected chi connectivity index (χ2v) is 5.15. The predicted octanol–water partition coefficient (Wildman–Crippen LogP) is 1.61. The van der Waals surface area contributed by atoms with Crippen molar-refractivity contribution in [2.24, 2.45) is 11.7 Å². The molecule has 1 saturated heterocycles. The number of nitrogen functional groups attached to an aromatic ring is 1. The van der Waals surface area contributed by atoms with Crippen molar-refractivity contribution in [2.75, 3.05) is 30.8 Å². The van der Waals surface area contributed by atoms with Gasteiger partial charge in [0.25, 0.3) is 0 Å². The van der Waals surface area contributed by atoms with E-state index in [1.54, 1.807) is 19.2 Å². The second kappa shape index (κ2) is 5.38. The van der Waals surface area contributed by atoms with Crippen LogP contribution >= 0.6 is 0 Å². The number of amides is 1. The minimum atomic E-state index is -0.496. The molecule has 1 heterocycles. The largest absolute Gasteiger partial charge is 0.494 e. The van der Waals surface area contributed by atoms with Crippen molar-refractivity contribution in [3.05, 3.63) is 17.7 Å². The van der Waals surface area contributed by atoms with E-state index < -0.39 is 5.91 Å². The lowest BCUT2D eigenvalue weighted by Gasteiger charge is -2.33. The van der Waals surface area contributed by atoms with Crippen LogP contribution in [0.25, 0.3) is 0 Å². The first-order valence-electron chi connectivity index (χ1n) is 6.55. The van der Waals surface area contributed by atoms with Gasteiger partial charge in [0.05, 0.1) is 12.8 Å². The molecule has 0 aromatic heterocycles. The van der Waals surface area contributed by atoms with Crippen LogP contribution in [0.15, 0.2) is 12.1 Å². The Labute approximate surface area is 113 Å². The molecule has 0 bridgehead atoms. The first-order chi connectivity index (χ1) is 9.02. The Hall–Kier alpha value is -1.91. The highest BCUT2D eigenvalue weighted by atomic mass is 16.5. The topological polar surface area (TPSA) is 81.6 Å². The number of rotatable bonds is 3. The summed E-state index contributed by atoms with van der Waals surface area (Å²) in [6.07, 6.45) is 2.28. The van der Waals surface area contributed by atoms with Crippen LogP contribution in [0.4, 0.5) is 11.4 Å². The molecule has 1 aliphatic heterocycles. The minimum Gasteiger partial charge on any atom is -0.494 e. The summed E-state index contributed by atoms with van der Waals surface area (Å²) in [7, 11) is 1.58. The van der Waals surface area contributed by atoms with Gasteiger partial charge < -0.3 is 21.1 Å². The molecule has 0 radical (unpaired) electrons. The molecule has 0 unspecified atom stereocenters. The first-order valence-corrected chi connectivity index (χ1v) is 6.55. The standard InChI is InChI=1S/C14H21N3O2/c1-9-3-5-17(6-4-9)13-11(15)7-10(14(16)18)8-12(13)19-2/h7-9H,3-6,15H2,1-2H3,(H2,16,18). The smallest absolute Gasteiger partial charge is 0.248 e. The van der Waals surface area contributed by atoms with Gasteiger partial charge in [-0.2, -0.15) is 0 Å². The maximum absolute atomic E-state index is 11.2. The Morgan fingerprint density at radius 3 is 2.53 bits per heavy atom. The van der Waals surface area contributed by atoms with Crippen LogP contribution in [0.1, 0.15) is 30.1 Å². The molecule has 2 rings (SSSR count). The van der Waals surface area contributed by atoms with E-state index in [1.807, 2.05) is 0 Å². The van der Waals surface area contributed by atoms with Gasteiger partial charge >= 0.3 is 0 Å². The normalized spacial score (nSPS) is 16.4. The average Bonchev–Trinajstić information content (AvgIpc) is 2.39. The van der Waals surface area contributed by atoms with Crippen molar-refractivity contribution in [3.8, 4) is 5.75 Å². The van der Waals surface area contributed by atoms with Crippen LogP contribution in [0, 0.1) is 5.92 Å². The van der Waals surface area contributed by atoms with Gasteiger partial charge in [0.15, 0.2) is 0 Å². The molecule has 0 spiro atoms. The van der Waals surface area contributed by atoms with Gasteiger partial charge in [-0.1, -0.05) is 6.92 Å². The summed E-state index contributed by atoms with van der Waals surface area (Å²) in [6.45, 7) is 4.17. The van der Waals surface area contributed by atoms with Gasteiger partial charge in [0.1, 0.15) is 11.4 Å². The number of methoxy groups -OCH3 is 1. The zero-order valence-electron chi connectivity index (χ0n) is 11.5. The molecule has 1 amide bonds. The predicted molar refractivity (Wildman–Crippen MR) is 76.5 cm³/mol. The Bertz CT molecular complexity index is 480. The summed E-state index contributed by atoms with van der Waals surface area (Å²) in [5, 5.41) is 0. The summed E-state index contributed by atoms with van der Waals surface area (Å²) in [5.74, 6) is 0.862. The molecular weight excluding hydrogens is 242 g/mol. The Morgan fingerprint density at radius 1 is 1.37 bits per heavy atom. The van der Waals surface area contributed by atoms with Crippen LogP contribution in [-0.2, 0) is 0 Å². The van der Waals surface area contributed by atoms with Gasteiger partial charge in [-0.25, -0.2) is 0 Å². The van der Waals surface area contributed by atoms with Crippen LogP contribution < -0.4 is 21.1 Å². The van der Waals surface area contributed by atoms with E-state index in [1.165, 1.54) is 0 Å². The molecule has 19 heavy (non-hydrogen) atoms. The van der Waals surface area contributed by atoms with E-state index in [9.17, 15) is 4.79 Å². The quantitative estimate of drug-likeness (QED) is 0.812. The van der Waals surface area contributed by atoms with Gasteiger partial charge in [0.2, 0.25) is 5.91 Å². The SMILES string of the molecule is COc1cc(C(N)=O)cc(N)c1N1CCC(C)CC1. The molecule has 104 valence electrons. The van der Waals surface area contributed by atoms with Crippen LogP contribution in [0.5, 0.6) is 5.75 Å². The monoisotopic (exact) mass is 263 g/mol. The maximum Gasteiger partial charge on any atom is 0.248 e. The molecule has 1 aromatic rings. The highest BCUT2D eigenvalue weighted by molar-refractivity contribution is 5.96. The number of carbonyl (C=O) groups is 1. The maximum atomic E-state index is 11.2. The fourth-order valence-electron chi connectivity index (χ4n) is 2.50.